The van der Waals surface area contributed by atoms with Crippen LogP contribution in [-0.4, -0.2) is 85.5 Å². The van der Waals surface area contributed by atoms with Crippen molar-refractivity contribution in [2.24, 2.45) is 5.41 Å². The molecule has 1 aliphatic heterocycles. The summed E-state index contributed by atoms with van der Waals surface area (Å²) >= 11 is 1.30. The van der Waals surface area contributed by atoms with E-state index in [2.05, 4.69) is 20.9 Å². The molecule has 2 aliphatic rings. The van der Waals surface area contributed by atoms with Gasteiger partial charge >= 0.3 is 240 Å². The molecule has 1 unspecified atom stereocenters. The molecule has 6 rings (SSSR count). The number of para-hydroxylation sites is 1. The van der Waals surface area contributed by atoms with E-state index in [-0.39, 0.29) is 22.9 Å². The van der Waals surface area contributed by atoms with Crippen LogP contribution in [0.3, 0.4) is 0 Å². The molecule has 4 aromatic rings. The van der Waals surface area contributed by atoms with Crippen LogP contribution < -0.4 is 9.22 Å². The summed E-state index contributed by atoms with van der Waals surface area (Å²) in [6.07, 6.45) is 9.21. The predicted molar refractivity (Wildman–Crippen MR) is 173 cm³/mol. The van der Waals surface area contributed by atoms with Crippen molar-refractivity contribution >= 4 is 38.3 Å². The third-order valence-corrected chi connectivity index (χ3v) is 9.71. The van der Waals surface area contributed by atoms with Gasteiger partial charge in [-0.05, 0) is 14.1 Å². The number of amides is 1. The molecule has 2 fully saturated rings. The minimum atomic E-state index is -0.467. The number of hydrogen-bond donors (Lipinski definition) is 0. The first-order chi connectivity index (χ1) is 21.8. The number of hydrogen-bond acceptors (Lipinski definition) is 7. The SMILES string of the molecule is CN(C)CC1(/C=C(\C#N)C(=O)N2CCC[C@H]2Cn2nc(-c3ccc(Oc4ccccc4)cc3F)c3c([AsH2])ncnc32)CCCC1. The topological polar surface area (TPSA) is 100 Å². The van der Waals surface area contributed by atoms with Gasteiger partial charge in [0.15, 0.2) is 0 Å². The summed E-state index contributed by atoms with van der Waals surface area (Å²) in [5, 5.41) is 15.7. The molecule has 45 heavy (non-hydrogen) atoms. The Morgan fingerprint density at radius 2 is 1.93 bits per heavy atom. The fraction of sp³-hybridized carbons (Fsp3) is 0.382. The van der Waals surface area contributed by atoms with E-state index < -0.39 is 5.82 Å². The van der Waals surface area contributed by atoms with Gasteiger partial charge in [-0.25, -0.2) is 0 Å². The first kappa shape index (κ1) is 30.9. The zero-order valence-corrected chi connectivity index (χ0v) is 28.0. The molecule has 1 saturated heterocycles. The molecule has 0 spiro atoms. The molecule has 9 nitrogen and oxygen atoms in total. The molecule has 11 heteroatoms. The molecule has 0 radical (unpaired) electrons. The van der Waals surface area contributed by atoms with Gasteiger partial charge in [0.25, 0.3) is 0 Å². The van der Waals surface area contributed by atoms with Gasteiger partial charge in [-0.3, -0.25) is 0 Å². The summed E-state index contributed by atoms with van der Waals surface area (Å²) < 4.78 is 24.0. The summed E-state index contributed by atoms with van der Waals surface area (Å²) in [4.78, 5) is 26.7. The molecule has 3 heterocycles. The number of halogens is 1. The van der Waals surface area contributed by atoms with Crippen molar-refractivity contribution in [3.8, 4) is 28.8 Å². The summed E-state index contributed by atoms with van der Waals surface area (Å²) in [6, 6.07) is 16.0. The molecule has 0 bridgehead atoms. The molecule has 2 aromatic carbocycles. The normalized spacial score (nSPS) is 18.1. The second-order valence-corrected chi connectivity index (χ2v) is 13.5. The minimum Gasteiger partial charge on any atom is -0.0524 e. The maximum atomic E-state index is 15.6. The van der Waals surface area contributed by atoms with Crippen LogP contribution in [0.25, 0.3) is 22.3 Å². The van der Waals surface area contributed by atoms with E-state index in [0.717, 1.165) is 49.6 Å². The van der Waals surface area contributed by atoms with Crippen LogP contribution in [0.15, 0.2) is 66.5 Å². The summed E-state index contributed by atoms with van der Waals surface area (Å²) in [7, 11) is 4.07. The Bertz CT molecular complexity index is 1780. The molecule has 1 saturated carbocycles. The smallest absolute Gasteiger partial charge is 0.0524 e. The van der Waals surface area contributed by atoms with Crippen LogP contribution in [-0.2, 0) is 11.3 Å². The minimum absolute atomic E-state index is 0.158. The Hall–Kier alpha value is -4.06. The Kier molecular flexibility index (Phi) is 9.02. The van der Waals surface area contributed by atoms with E-state index in [1.165, 1.54) is 29.2 Å². The van der Waals surface area contributed by atoms with Gasteiger partial charge in [-0.15, -0.1) is 0 Å². The van der Waals surface area contributed by atoms with E-state index in [1.807, 2.05) is 55.4 Å². The molecule has 232 valence electrons. The Balaban J connectivity index is 1.29. The van der Waals surface area contributed by atoms with Crippen molar-refractivity contribution in [3.05, 3.63) is 72.3 Å². The number of benzene rings is 2. The Morgan fingerprint density at radius 3 is 2.64 bits per heavy atom. The van der Waals surface area contributed by atoms with Gasteiger partial charge in [0.05, 0.1) is 0 Å². The standard InChI is InChI=1S/C34H37AsFN7O2/c1-41(2)21-34(14-6-7-15-34)18-23(19-37)33(44)42-16-8-9-24(42)20-43-32-29(31(35)38-22-39-32)30(40-43)27-13-12-26(17-28(27)36)45-25-10-4-3-5-11-25/h3-5,10-13,17-18,22,24H,6-9,14-16,20-21,35H2,1-2H3/b23-18+/t24-/m0/s1. The number of carbonyl (C=O) groups is 1. The van der Waals surface area contributed by atoms with Gasteiger partial charge in [-0.1, -0.05) is 12.8 Å². The van der Waals surface area contributed by atoms with E-state index in [1.54, 1.807) is 16.8 Å². The van der Waals surface area contributed by atoms with Crippen LogP contribution >= 0.6 is 0 Å². The average Bonchev–Trinajstić information content (AvgIpc) is 3.76. The summed E-state index contributed by atoms with van der Waals surface area (Å²) in [5.41, 5.74) is 1.43. The van der Waals surface area contributed by atoms with Crippen LogP contribution in [0.4, 0.5) is 4.39 Å². The second-order valence-electron chi connectivity index (χ2n) is 12.3. The first-order valence-corrected chi connectivity index (χ1v) is 16.6. The number of ether oxygens (including phenoxy) is 1. The molecule has 2 aromatic heterocycles. The number of nitriles is 1. The van der Waals surface area contributed by atoms with Crippen molar-refractivity contribution in [3.63, 3.8) is 0 Å². The van der Waals surface area contributed by atoms with Gasteiger partial charge in [0, 0.05) is 0 Å². The fourth-order valence-electron chi connectivity index (χ4n) is 6.87. The van der Waals surface area contributed by atoms with Crippen molar-refractivity contribution in [2.45, 2.75) is 51.1 Å². The van der Waals surface area contributed by atoms with Gasteiger partial charge < -0.3 is 4.90 Å². The Labute approximate surface area is 271 Å². The van der Waals surface area contributed by atoms with Crippen LogP contribution in [0.2, 0.25) is 0 Å². The zero-order valence-electron chi connectivity index (χ0n) is 25.6. The fourth-order valence-corrected chi connectivity index (χ4v) is 7.57. The summed E-state index contributed by atoms with van der Waals surface area (Å²) in [5.74, 6) is 0.309. The number of rotatable bonds is 9. The average molecular weight is 670 g/mol. The predicted octanol–water partition coefficient (Wildman–Crippen LogP) is 4.25. The number of likely N-dealkylation sites (tertiary alicyclic amines) is 1. The molecule has 2 atom stereocenters. The number of nitrogens with zero attached hydrogens (tertiary/aromatic N) is 7. The van der Waals surface area contributed by atoms with Crippen molar-refractivity contribution in [1.82, 2.24) is 29.5 Å². The van der Waals surface area contributed by atoms with Crippen molar-refractivity contribution in [1.29, 1.82) is 5.26 Å². The number of aromatic nitrogens is 4. The molecule has 1 amide bonds. The van der Waals surface area contributed by atoms with Crippen LogP contribution in [0.5, 0.6) is 11.5 Å². The summed E-state index contributed by atoms with van der Waals surface area (Å²) in [6.45, 7) is 1.77. The van der Waals surface area contributed by atoms with E-state index in [0.29, 0.717) is 46.9 Å². The zero-order chi connectivity index (χ0) is 31.6. The van der Waals surface area contributed by atoms with Crippen molar-refractivity contribution in [2.75, 3.05) is 27.2 Å². The van der Waals surface area contributed by atoms with E-state index >= 15 is 4.39 Å². The number of carbonyl (C=O) groups excluding carboxylic acids is 1. The van der Waals surface area contributed by atoms with E-state index in [9.17, 15) is 10.1 Å². The molecule has 1 aliphatic carbocycles. The Morgan fingerprint density at radius 1 is 1.16 bits per heavy atom. The quantitative estimate of drug-likeness (QED) is 0.149. The maximum absolute atomic E-state index is 15.6. The second kappa shape index (κ2) is 13.1. The van der Waals surface area contributed by atoms with E-state index in [4.69, 9.17) is 9.84 Å². The monoisotopic (exact) mass is 669 g/mol. The van der Waals surface area contributed by atoms with Gasteiger partial charge in [0.1, 0.15) is 0 Å². The molecular weight excluding hydrogens is 632 g/mol. The molecule has 0 N–H and O–H groups in total. The van der Waals surface area contributed by atoms with Crippen molar-refractivity contribution < 1.29 is 13.9 Å². The van der Waals surface area contributed by atoms with Crippen LogP contribution in [0, 0.1) is 22.6 Å². The molecular formula is C34H37AsFN7O2. The third kappa shape index (κ3) is 6.51. The number of fused-ring (bicyclic) bond motifs is 1. The first-order valence-electron chi connectivity index (χ1n) is 15.4. The van der Waals surface area contributed by atoms with Crippen LogP contribution in [0.1, 0.15) is 38.5 Å². The van der Waals surface area contributed by atoms with Gasteiger partial charge in [-0.2, -0.15) is 0 Å². The third-order valence-electron chi connectivity index (χ3n) is 8.79. The van der Waals surface area contributed by atoms with Gasteiger partial charge in [0.2, 0.25) is 0 Å².